The van der Waals surface area contributed by atoms with Crippen molar-refractivity contribution in [2.45, 2.75) is 32.9 Å². The van der Waals surface area contributed by atoms with Crippen molar-refractivity contribution in [3.8, 4) is 5.75 Å². The zero-order chi connectivity index (χ0) is 20.9. The highest BCUT2D eigenvalue weighted by Gasteiger charge is 2.20. The molecule has 2 aromatic rings. The number of anilines is 1. The zero-order valence-corrected chi connectivity index (χ0v) is 16.6. The molecule has 0 saturated carbocycles. The summed E-state index contributed by atoms with van der Waals surface area (Å²) in [6, 6.07) is 8.84. The highest BCUT2D eigenvalue weighted by molar-refractivity contribution is 7.86. The van der Waals surface area contributed by atoms with Crippen molar-refractivity contribution >= 4 is 21.8 Å². The smallest absolute Gasteiger partial charge is 0.322 e. The number of halogens is 2. The average molecular weight is 412 g/mol. The van der Waals surface area contributed by atoms with Crippen LogP contribution in [0.25, 0.3) is 0 Å². The van der Waals surface area contributed by atoms with Crippen molar-refractivity contribution in [1.29, 1.82) is 0 Å². The van der Waals surface area contributed by atoms with Crippen LogP contribution >= 0.6 is 0 Å². The molecule has 2 rings (SSSR count). The first kappa shape index (κ1) is 21.6. The molecule has 0 heterocycles. The molecule has 28 heavy (non-hydrogen) atoms. The number of benzene rings is 2. The first-order chi connectivity index (χ1) is 13.1. The molecule has 0 saturated heterocycles. The second-order valence-corrected chi connectivity index (χ2v) is 7.95. The SMILES string of the molecule is CC[C@H](C)N(Cc1cccc(OS(C)(=O)=O)c1)C(=O)Nc1ccc(F)c(F)c1. The van der Waals surface area contributed by atoms with E-state index in [2.05, 4.69) is 5.32 Å². The van der Waals surface area contributed by atoms with Crippen LogP contribution in [0, 0.1) is 11.6 Å². The molecule has 1 atom stereocenters. The summed E-state index contributed by atoms with van der Waals surface area (Å²) in [7, 11) is -3.67. The quantitative estimate of drug-likeness (QED) is 0.694. The molecular weight excluding hydrogens is 390 g/mol. The molecule has 2 aromatic carbocycles. The lowest BCUT2D eigenvalue weighted by atomic mass is 10.1. The van der Waals surface area contributed by atoms with Crippen molar-refractivity contribution in [3.05, 3.63) is 59.7 Å². The minimum Gasteiger partial charge on any atom is -0.383 e. The van der Waals surface area contributed by atoms with Gasteiger partial charge in [0, 0.05) is 24.3 Å². The van der Waals surface area contributed by atoms with E-state index in [-0.39, 0.29) is 24.0 Å². The Morgan fingerprint density at radius 2 is 1.89 bits per heavy atom. The summed E-state index contributed by atoms with van der Waals surface area (Å²) in [4.78, 5) is 14.2. The number of nitrogens with zero attached hydrogens (tertiary/aromatic N) is 1. The van der Waals surface area contributed by atoms with Gasteiger partial charge in [0.25, 0.3) is 0 Å². The fourth-order valence-electron chi connectivity index (χ4n) is 2.48. The van der Waals surface area contributed by atoms with Gasteiger partial charge in [0.05, 0.1) is 6.26 Å². The predicted molar refractivity (Wildman–Crippen MR) is 103 cm³/mol. The zero-order valence-electron chi connectivity index (χ0n) is 15.8. The Morgan fingerprint density at radius 3 is 2.50 bits per heavy atom. The van der Waals surface area contributed by atoms with Crippen molar-refractivity contribution in [3.63, 3.8) is 0 Å². The number of carbonyl (C=O) groups is 1. The second kappa shape index (κ2) is 9.01. The highest BCUT2D eigenvalue weighted by atomic mass is 32.2. The van der Waals surface area contributed by atoms with Crippen LogP contribution in [0.15, 0.2) is 42.5 Å². The Labute approximate surface area is 163 Å². The summed E-state index contributed by atoms with van der Waals surface area (Å²) in [6.45, 7) is 3.93. The average Bonchev–Trinajstić information content (AvgIpc) is 2.61. The van der Waals surface area contributed by atoms with E-state index in [0.717, 1.165) is 18.4 Å². The first-order valence-corrected chi connectivity index (χ1v) is 10.4. The normalized spacial score (nSPS) is 12.3. The van der Waals surface area contributed by atoms with Gasteiger partial charge >= 0.3 is 16.1 Å². The van der Waals surface area contributed by atoms with Crippen LogP contribution in [-0.2, 0) is 16.7 Å². The Hall–Kier alpha value is -2.68. The van der Waals surface area contributed by atoms with Gasteiger partial charge in [-0.1, -0.05) is 19.1 Å². The fraction of sp³-hybridized carbons (Fsp3) is 0.316. The molecule has 2 amide bonds. The molecule has 152 valence electrons. The lowest BCUT2D eigenvalue weighted by Crippen LogP contribution is -2.40. The Bertz CT molecular complexity index is 951. The summed E-state index contributed by atoms with van der Waals surface area (Å²) in [5.41, 5.74) is 0.785. The summed E-state index contributed by atoms with van der Waals surface area (Å²) in [5.74, 6) is -1.91. The third kappa shape index (κ3) is 6.19. The minimum atomic E-state index is -3.67. The number of rotatable bonds is 7. The lowest BCUT2D eigenvalue weighted by Gasteiger charge is -2.29. The largest absolute Gasteiger partial charge is 0.383 e. The van der Waals surface area contributed by atoms with Gasteiger partial charge in [0.15, 0.2) is 11.6 Å². The van der Waals surface area contributed by atoms with E-state index in [1.165, 1.54) is 23.1 Å². The van der Waals surface area contributed by atoms with Crippen molar-refractivity contribution < 1.29 is 26.2 Å². The van der Waals surface area contributed by atoms with Crippen molar-refractivity contribution in [2.24, 2.45) is 0 Å². The third-order valence-electron chi connectivity index (χ3n) is 4.05. The van der Waals surface area contributed by atoms with Gasteiger partial charge in [-0.05, 0) is 43.2 Å². The molecule has 0 bridgehead atoms. The molecule has 1 N–H and O–H groups in total. The monoisotopic (exact) mass is 412 g/mol. The van der Waals surface area contributed by atoms with Gasteiger partial charge < -0.3 is 14.4 Å². The van der Waals surface area contributed by atoms with Gasteiger partial charge in [-0.3, -0.25) is 0 Å². The number of carbonyl (C=O) groups excluding carboxylic acids is 1. The maximum atomic E-state index is 13.4. The lowest BCUT2D eigenvalue weighted by molar-refractivity contribution is 0.187. The summed E-state index contributed by atoms with van der Waals surface area (Å²) in [6.07, 6.45) is 1.60. The molecule has 0 aliphatic heterocycles. The summed E-state index contributed by atoms with van der Waals surface area (Å²) >= 11 is 0. The topological polar surface area (TPSA) is 75.7 Å². The Balaban J connectivity index is 2.20. The van der Waals surface area contributed by atoms with Gasteiger partial charge in [-0.15, -0.1) is 0 Å². The molecular formula is C19H22F2N2O4S. The maximum absolute atomic E-state index is 13.4. The number of urea groups is 1. The van der Waals surface area contributed by atoms with Crippen LogP contribution < -0.4 is 9.50 Å². The number of hydrogen-bond donors (Lipinski definition) is 1. The molecule has 0 radical (unpaired) electrons. The Morgan fingerprint density at radius 1 is 1.18 bits per heavy atom. The van der Waals surface area contributed by atoms with Crippen LogP contribution in [0.2, 0.25) is 0 Å². The molecule has 0 unspecified atom stereocenters. The molecule has 6 nitrogen and oxygen atoms in total. The van der Waals surface area contributed by atoms with Crippen molar-refractivity contribution in [1.82, 2.24) is 4.90 Å². The maximum Gasteiger partial charge on any atom is 0.322 e. The van der Waals surface area contributed by atoms with Crippen LogP contribution in [0.4, 0.5) is 19.3 Å². The molecule has 0 aliphatic rings. The van der Waals surface area contributed by atoms with E-state index >= 15 is 0 Å². The first-order valence-electron chi connectivity index (χ1n) is 8.60. The van der Waals surface area contributed by atoms with Gasteiger partial charge in [-0.25, -0.2) is 13.6 Å². The van der Waals surface area contributed by atoms with Crippen LogP contribution in [-0.4, -0.2) is 31.6 Å². The van der Waals surface area contributed by atoms with E-state index in [4.69, 9.17) is 4.18 Å². The van der Waals surface area contributed by atoms with E-state index in [1.807, 2.05) is 13.8 Å². The molecule has 0 aliphatic carbocycles. The molecule has 9 heteroatoms. The van der Waals surface area contributed by atoms with E-state index < -0.39 is 27.8 Å². The molecule has 0 spiro atoms. The van der Waals surface area contributed by atoms with E-state index in [0.29, 0.717) is 12.0 Å². The number of amides is 2. The van der Waals surface area contributed by atoms with Gasteiger partial charge in [0.1, 0.15) is 5.75 Å². The van der Waals surface area contributed by atoms with E-state index in [9.17, 15) is 22.0 Å². The standard InChI is InChI=1S/C19H22F2N2O4S/c1-4-13(2)23(19(24)22-15-8-9-17(20)18(21)11-15)12-14-6-5-7-16(10-14)27-28(3,25)26/h5-11,13H,4,12H2,1-3H3,(H,22,24)/t13-/m0/s1. The highest BCUT2D eigenvalue weighted by Crippen LogP contribution is 2.20. The Kier molecular flexibility index (Phi) is 6.95. The van der Waals surface area contributed by atoms with Crippen LogP contribution in [0.5, 0.6) is 5.75 Å². The fourth-order valence-corrected chi connectivity index (χ4v) is 2.94. The van der Waals surface area contributed by atoms with Crippen LogP contribution in [0.3, 0.4) is 0 Å². The minimum absolute atomic E-state index is 0.131. The predicted octanol–water partition coefficient (Wildman–Crippen LogP) is 4.14. The van der Waals surface area contributed by atoms with Gasteiger partial charge in [-0.2, -0.15) is 8.42 Å². The second-order valence-electron chi connectivity index (χ2n) is 6.38. The van der Waals surface area contributed by atoms with Gasteiger partial charge in [0.2, 0.25) is 0 Å². The van der Waals surface area contributed by atoms with Crippen LogP contribution in [0.1, 0.15) is 25.8 Å². The third-order valence-corrected chi connectivity index (χ3v) is 4.55. The summed E-state index contributed by atoms with van der Waals surface area (Å²) < 4.78 is 53.9. The molecule has 0 aromatic heterocycles. The summed E-state index contributed by atoms with van der Waals surface area (Å²) in [5, 5.41) is 2.55. The number of nitrogens with one attached hydrogen (secondary N) is 1. The molecule has 0 fully saturated rings. The number of hydrogen-bond acceptors (Lipinski definition) is 4. The van der Waals surface area contributed by atoms with Crippen molar-refractivity contribution in [2.75, 3.05) is 11.6 Å². The van der Waals surface area contributed by atoms with E-state index in [1.54, 1.807) is 12.1 Å².